The molecule has 0 spiro atoms. The van der Waals surface area contributed by atoms with Gasteiger partial charge in [0.05, 0.1) is 20.8 Å². The zero-order chi connectivity index (χ0) is 26.3. The highest BCUT2D eigenvalue weighted by molar-refractivity contribution is 7.11. The third-order valence-electron chi connectivity index (χ3n) is 6.84. The molecule has 36 heavy (non-hydrogen) atoms. The summed E-state index contributed by atoms with van der Waals surface area (Å²) in [5.74, 6) is 1.44. The lowest BCUT2D eigenvalue weighted by Crippen LogP contribution is -2.51. The lowest BCUT2D eigenvalue weighted by atomic mass is 9.89. The van der Waals surface area contributed by atoms with Crippen LogP contribution >= 0.6 is 11.3 Å². The predicted octanol–water partition coefficient (Wildman–Crippen LogP) is 5.85. The second-order valence-electron chi connectivity index (χ2n) is 10.7. The maximum absolute atomic E-state index is 13.8. The van der Waals surface area contributed by atoms with Gasteiger partial charge in [-0.15, -0.1) is 11.3 Å². The Morgan fingerprint density at radius 3 is 2.28 bits per heavy atom. The molecule has 0 bridgehead atoms. The van der Waals surface area contributed by atoms with E-state index in [0.717, 1.165) is 36.1 Å². The average Bonchev–Trinajstić information content (AvgIpc) is 3.28. The summed E-state index contributed by atoms with van der Waals surface area (Å²) in [6.07, 6.45) is 6.08. The van der Waals surface area contributed by atoms with Crippen LogP contribution in [0, 0.1) is 12.3 Å². The van der Waals surface area contributed by atoms with Crippen molar-refractivity contribution in [2.45, 2.75) is 78.8 Å². The van der Waals surface area contributed by atoms with Crippen LogP contribution in [0.2, 0.25) is 0 Å². The fourth-order valence-corrected chi connectivity index (χ4v) is 5.69. The second-order valence-corrected chi connectivity index (χ2v) is 12.1. The fourth-order valence-electron chi connectivity index (χ4n) is 4.79. The van der Waals surface area contributed by atoms with Crippen LogP contribution in [0.3, 0.4) is 0 Å². The van der Waals surface area contributed by atoms with E-state index in [4.69, 9.17) is 9.47 Å². The molecule has 3 rings (SSSR count). The number of nitrogens with zero attached hydrogens (tertiary/aromatic N) is 2. The minimum atomic E-state index is -0.521. The Morgan fingerprint density at radius 2 is 1.69 bits per heavy atom. The highest BCUT2D eigenvalue weighted by Crippen LogP contribution is 2.29. The summed E-state index contributed by atoms with van der Waals surface area (Å²) >= 11 is 1.71. The number of carbonyl (C=O) groups excluding carboxylic acids is 2. The predicted molar refractivity (Wildman–Crippen MR) is 146 cm³/mol. The largest absolute Gasteiger partial charge is 0.493 e. The Bertz CT molecular complexity index is 1020. The minimum absolute atomic E-state index is 0.00435. The lowest BCUT2D eigenvalue weighted by molar-refractivity contribution is -0.148. The molecule has 7 heteroatoms. The Morgan fingerprint density at radius 1 is 1.00 bits per heavy atom. The van der Waals surface area contributed by atoms with Crippen LogP contribution in [0.4, 0.5) is 0 Å². The smallest absolute Gasteiger partial charge is 0.242 e. The summed E-state index contributed by atoms with van der Waals surface area (Å²) < 4.78 is 10.8. The molecule has 0 N–H and O–H groups in total. The molecular formula is C29H42N2O4S. The highest BCUT2D eigenvalue weighted by Gasteiger charge is 2.34. The molecule has 1 heterocycles. The van der Waals surface area contributed by atoms with E-state index in [1.54, 1.807) is 25.6 Å². The van der Waals surface area contributed by atoms with Gasteiger partial charge >= 0.3 is 0 Å². The van der Waals surface area contributed by atoms with Gasteiger partial charge in [0.15, 0.2) is 11.5 Å². The van der Waals surface area contributed by atoms with Crippen molar-refractivity contribution in [3.63, 3.8) is 0 Å². The van der Waals surface area contributed by atoms with E-state index in [-0.39, 0.29) is 24.4 Å². The van der Waals surface area contributed by atoms with E-state index in [2.05, 4.69) is 19.1 Å². The number of hydrogen-bond donors (Lipinski definition) is 0. The molecule has 1 fully saturated rings. The van der Waals surface area contributed by atoms with Gasteiger partial charge in [-0.1, -0.05) is 46.1 Å². The molecule has 1 aliphatic carbocycles. The lowest BCUT2D eigenvalue weighted by Gasteiger charge is -2.38. The molecule has 2 amide bonds. The summed E-state index contributed by atoms with van der Waals surface area (Å²) in [7, 11) is 3.25. The monoisotopic (exact) mass is 514 g/mol. The Kier molecular flexibility index (Phi) is 9.83. The molecule has 0 atom stereocenters. The summed E-state index contributed by atoms with van der Waals surface area (Å²) in [5, 5.41) is 0. The highest BCUT2D eigenvalue weighted by atomic mass is 32.1. The van der Waals surface area contributed by atoms with Crippen LogP contribution in [-0.2, 0) is 22.6 Å². The Labute approximate surface area is 220 Å². The molecule has 0 aliphatic heterocycles. The normalized spacial score (nSPS) is 14.4. The molecule has 6 nitrogen and oxygen atoms in total. The van der Waals surface area contributed by atoms with Gasteiger partial charge in [-0.2, -0.15) is 0 Å². The van der Waals surface area contributed by atoms with Gasteiger partial charge in [-0.25, -0.2) is 0 Å². The van der Waals surface area contributed by atoms with E-state index in [0.29, 0.717) is 31.0 Å². The number of benzene rings is 1. The molecule has 0 saturated heterocycles. The second kappa shape index (κ2) is 12.6. The van der Waals surface area contributed by atoms with Crippen LogP contribution in [-0.4, -0.2) is 55.0 Å². The van der Waals surface area contributed by atoms with Gasteiger partial charge in [-0.05, 0) is 56.0 Å². The zero-order valence-corrected chi connectivity index (χ0v) is 23.6. The maximum Gasteiger partial charge on any atom is 0.242 e. The quantitative estimate of drug-likeness (QED) is 0.399. The Balaban J connectivity index is 1.80. The van der Waals surface area contributed by atoms with Crippen molar-refractivity contribution in [2.24, 2.45) is 5.41 Å². The summed E-state index contributed by atoms with van der Waals surface area (Å²) in [4.78, 5) is 33.4. The number of methoxy groups -OCH3 is 2. The number of rotatable bonds is 10. The number of amides is 2. The maximum atomic E-state index is 13.8. The van der Waals surface area contributed by atoms with Crippen LogP contribution in [0.1, 0.15) is 68.2 Å². The number of carbonyl (C=O) groups is 2. The fraction of sp³-hybridized carbons (Fsp3) is 0.586. The van der Waals surface area contributed by atoms with Gasteiger partial charge in [0.1, 0.15) is 6.54 Å². The van der Waals surface area contributed by atoms with Gasteiger partial charge in [-0.3, -0.25) is 9.59 Å². The van der Waals surface area contributed by atoms with Gasteiger partial charge < -0.3 is 19.3 Å². The van der Waals surface area contributed by atoms with Gasteiger partial charge in [0.25, 0.3) is 0 Å². The van der Waals surface area contributed by atoms with Crippen LogP contribution < -0.4 is 9.47 Å². The van der Waals surface area contributed by atoms with Crippen molar-refractivity contribution in [3.05, 3.63) is 45.6 Å². The average molecular weight is 515 g/mol. The number of ether oxygens (including phenoxy) is 2. The first-order valence-corrected chi connectivity index (χ1v) is 13.8. The third-order valence-corrected chi connectivity index (χ3v) is 7.82. The molecule has 1 aliphatic rings. The van der Waals surface area contributed by atoms with E-state index in [9.17, 15) is 9.59 Å². The van der Waals surface area contributed by atoms with Crippen molar-refractivity contribution < 1.29 is 19.1 Å². The molecule has 1 saturated carbocycles. The van der Waals surface area contributed by atoms with E-state index in [1.807, 2.05) is 48.8 Å². The topological polar surface area (TPSA) is 59.1 Å². The van der Waals surface area contributed by atoms with Crippen LogP contribution in [0.5, 0.6) is 11.5 Å². The molecule has 1 aromatic carbocycles. The number of hydrogen-bond acceptors (Lipinski definition) is 5. The molecular weight excluding hydrogens is 472 g/mol. The SMILES string of the molecule is COc1ccc(CCN(Cc2ccc(C)s2)C(=O)CN(C(=O)C(C)(C)C)C2CCCCC2)cc1OC. The van der Waals surface area contributed by atoms with Crippen molar-refractivity contribution in [2.75, 3.05) is 27.3 Å². The molecule has 198 valence electrons. The summed E-state index contributed by atoms with van der Waals surface area (Å²) in [6, 6.07) is 10.2. The first-order chi connectivity index (χ1) is 17.1. The number of thiophene rings is 1. The van der Waals surface area contributed by atoms with Crippen molar-refractivity contribution in [1.29, 1.82) is 0 Å². The summed E-state index contributed by atoms with van der Waals surface area (Å²) in [5.41, 5.74) is 0.551. The standard InChI is InChI=1S/C29H42N2O4S/c1-21-12-14-24(36-21)19-30(17-16-22-13-15-25(34-5)26(18-22)35-6)27(32)20-31(28(33)29(2,3)4)23-10-8-7-9-11-23/h12-15,18,23H,7-11,16-17,19-20H2,1-6H3. The summed E-state index contributed by atoms with van der Waals surface area (Å²) in [6.45, 7) is 9.16. The molecule has 1 aromatic heterocycles. The van der Waals surface area contributed by atoms with Crippen molar-refractivity contribution >= 4 is 23.2 Å². The Hall–Kier alpha value is -2.54. The van der Waals surface area contributed by atoms with E-state index < -0.39 is 5.41 Å². The van der Waals surface area contributed by atoms with Crippen molar-refractivity contribution in [3.8, 4) is 11.5 Å². The molecule has 0 unspecified atom stereocenters. The van der Waals surface area contributed by atoms with Crippen LogP contribution in [0.25, 0.3) is 0 Å². The van der Waals surface area contributed by atoms with E-state index >= 15 is 0 Å². The number of aryl methyl sites for hydroxylation is 1. The molecule has 2 aromatic rings. The van der Waals surface area contributed by atoms with E-state index in [1.165, 1.54) is 11.3 Å². The third kappa shape index (κ3) is 7.48. The zero-order valence-electron chi connectivity index (χ0n) is 22.8. The molecule has 0 radical (unpaired) electrons. The first-order valence-electron chi connectivity index (χ1n) is 13.0. The van der Waals surface area contributed by atoms with Gasteiger partial charge in [0.2, 0.25) is 11.8 Å². The minimum Gasteiger partial charge on any atom is -0.493 e. The first kappa shape index (κ1) is 28.0. The van der Waals surface area contributed by atoms with Gasteiger partial charge in [0, 0.05) is 27.8 Å². The van der Waals surface area contributed by atoms with Crippen molar-refractivity contribution in [1.82, 2.24) is 9.80 Å². The van der Waals surface area contributed by atoms with Crippen LogP contribution in [0.15, 0.2) is 30.3 Å².